The maximum atomic E-state index is 13.0. The smallest absolute Gasteiger partial charge is 0.288 e. The maximum absolute atomic E-state index is 13.0. The highest BCUT2D eigenvalue weighted by Gasteiger charge is 2.47. The summed E-state index contributed by atoms with van der Waals surface area (Å²) in [5.74, 6) is 0. The third-order valence-electron chi connectivity index (χ3n) is 5.87. The van der Waals surface area contributed by atoms with E-state index in [1.165, 1.54) is 24.3 Å². The molecular weight excluding hydrogens is 494 g/mol. The minimum Gasteiger partial charge on any atom is -0.288 e. The van der Waals surface area contributed by atoms with Crippen LogP contribution in [0, 0.1) is 0 Å². The molecule has 0 bridgehead atoms. The minimum atomic E-state index is -5.05. The van der Waals surface area contributed by atoms with Crippen molar-refractivity contribution < 1.29 is 26.3 Å². The first kappa shape index (κ1) is 23.3. The van der Waals surface area contributed by atoms with Crippen LogP contribution >= 0.6 is 0 Å². The molecule has 0 saturated carbocycles. The molecule has 0 atom stereocenters. The van der Waals surface area contributed by atoms with Gasteiger partial charge in [0.05, 0.1) is 32.7 Å². The molecule has 0 spiro atoms. The zero-order valence-electron chi connectivity index (χ0n) is 17.5. The first-order chi connectivity index (χ1) is 16.8. The number of alkyl halides is 6. The number of rotatable bonds is 0. The fraction of sp³-hybridized carbons (Fsp3) is 0.0833. The monoisotopic (exact) mass is 504 g/mol. The molecule has 5 aromatic rings. The highest BCUT2D eigenvalue weighted by molar-refractivity contribution is 6.04. The van der Waals surface area contributed by atoms with Crippen LogP contribution in [0.25, 0.3) is 43.8 Å². The zero-order chi connectivity index (χ0) is 26.2. The van der Waals surface area contributed by atoms with E-state index in [1.807, 2.05) is 0 Å². The van der Waals surface area contributed by atoms with Gasteiger partial charge in [0, 0.05) is 5.56 Å². The second-order valence-corrected chi connectivity index (χ2v) is 7.96. The second-order valence-electron chi connectivity index (χ2n) is 7.96. The van der Waals surface area contributed by atoms with Crippen molar-refractivity contribution in [1.82, 2.24) is 9.97 Å². The number of halogens is 6. The van der Waals surface area contributed by atoms with Gasteiger partial charge in [-0.2, -0.15) is 26.3 Å². The van der Waals surface area contributed by atoms with Crippen LogP contribution in [0.2, 0.25) is 0 Å². The Balaban J connectivity index is 0.000000152. The van der Waals surface area contributed by atoms with Crippen LogP contribution in [0.5, 0.6) is 0 Å². The van der Waals surface area contributed by atoms with E-state index < -0.39 is 45.7 Å². The summed E-state index contributed by atoms with van der Waals surface area (Å²) in [6.45, 7) is 0. The summed E-state index contributed by atoms with van der Waals surface area (Å²) >= 11 is 0. The van der Waals surface area contributed by atoms with Gasteiger partial charge in [-0.3, -0.25) is 29.1 Å². The van der Waals surface area contributed by atoms with Crippen LogP contribution in [0.4, 0.5) is 26.3 Å². The number of hydrogen-bond acceptors (Lipinski definition) is 4. The molecule has 12 heteroatoms. The molecule has 0 fully saturated rings. The number of fused-ring (bicyclic) bond motifs is 6. The van der Waals surface area contributed by atoms with E-state index in [4.69, 9.17) is 0 Å². The Morgan fingerprint density at radius 2 is 0.972 bits per heavy atom. The predicted octanol–water partition coefficient (Wildman–Crippen LogP) is 4.34. The van der Waals surface area contributed by atoms with Gasteiger partial charge in [-0.1, -0.05) is 30.3 Å². The van der Waals surface area contributed by atoms with Gasteiger partial charge in [0.1, 0.15) is 0 Å². The van der Waals surface area contributed by atoms with Crippen LogP contribution < -0.4 is 22.2 Å². The topological polar surface area (TPSA) is 99.9 Å². The van der Waals surface area contributed by atoms with E-state index in [9.17, 15) is 45.5 Å². The van der Waals surface area contributed by atoms with Gasteiger partial charge in [0.15, 0.2) is 0 Å². The highest BCUT2D eigenvalue weighted by atomic mass is 19.4. The van der Waals surface area contributed by atoms with Gasteiger partial charge in [-0.05, 0) is 34.9 Å². The highest BCUT2D eigenvalue weighted by Crippen LogP contribution is 2.55. The molecule has 3 aromatic carbocycles. The summed E-state index contributed by atoms with van der Waals surface area (Å²) in [6, 6.07) is 10.2. The lowest BCUT2D eigenvalue weighted by Gasteiger charge is -2.29. The van der Waals surface area contributed by atoms with Crippen LogP contribution in [0.1, 0.15) is 11.1 Å². The minimum absolute atomic E-state index is 0.133. The first-order valence-electron chi connectivity index (χ1n) is 10.1. The number of H-pyrrole nitrogens is 2. The van der Waals surface area contributed by atoms with Crippen LogP contribution in [0.3, 0.4) is 0 Å². The molecule has 6 rings (SSSR count). The van der Waals surface area contributed by atoms with Crippen molar-refractivity contribution in [2.45, 2.75) is 12.4 Å². The third kappa shape index (κ3) is 3.44. The number of nitrogens with one attached hydrogen (secondary N) is 2. The summed E-state index contributed by atoms with van der Waals surface area (Å²) in [5, 5.41) is 0.532. The Morgan fingerprint density at radius 3 is 1.39 bits per heavy atom. The van der Waals surface area contributed by atoms with E-state index >= 15 is 0 Å². The molecule has 1 aliphatic rings. The van der Waals surface area contributed by atoms with Gasteiger partial charge in [-0.25, -0.2) is 0 Å². The van der Waals surface area contributed by atoms with Gasteiger partial charge in [-0.15, -0.1) is 0 Å². The number of hydrogen-bond donors (Lipinski definition) is 2. The lowest BCUT2D eigenvalue weighted by molar-refractivity contribution is -0.161. The van der Waals surface area contributed by atoms with E-state index in [0.717, 1.165) is 6.07 Å². The van der Waals surface area contributed by atoms with Crippen molar-refractivity contribution >= 4 is 21.5 Å². The van der Waals surface area contributed by atoms with Crippen LogP contribution in [-0.4, -0.2) is 9.97 Å². The summed E-state index contributed by atoms with van der Waals surface area (Å²) in [7, 11) is 0. The van der Waals surface area contributed by atoms with E-state index in [-0.39, 0.29) is 38.2 Å². The SMILES string of the molecule is FC(F)(F)c1ccc2c(c1C(F)(F)F)-c1ccccc1-2.O=c1[nH]c(=O)c2cc3c(=O)[nH]c(=O)c3cc12. The molecule has 0 amide bonds. The van der Waals surface area contributed by atoms with Crippen LogP contribution in [-0.2, 0) is 12.4 Å². The molecule has 36 heavy (non-hydrogen) atoms. The quantitative estimate of drug-likeness (QED) is 0.301. The molecule has 2 heterocycles. The Hall–Kier alpha value is -4.48. The first-order valence-corrected chi connectivity index (χ1v) is 10.1. The largest absolute Gasteiger partial charge is 0.417 e. The lowest BCUT2D eigenvalue weighted by atomic mass is 9.76. The molecule has 6 nitrogen and oxygen atoms in total. The van der Waals surface area contributed by atoms with Gasteiger partial charge < -0.3 is 0 Å². The van der Waals surface area contributed by atoms with E-state index in [1.54, 1.807) is 12.1 Å². The Bertz CT molecular complexity index is 1760. The summed E-state index contributed by atoms with van der Waals surface area (Å²) in [5.41, 5.74) is -4.82. The second kappa shape index (κ2) is 7.51. The molecular formula is C24H10F6N2O4. The molecule has 0 aliphatic heterocycles. The molecule has 2 N–H and O–H groups in total. The molecule has 0 unspecified atom stereocenters. The third-order valence-corrected chi connectivity index (χ3v) is 5.87. The van der Waals surface area contributed by atoms with E-state index in [2.05, 4.69) is 9.97 Å². The molecule has 1 aliphatic carbocycles. The van der Waals surface area contributed by atoms with Gasteiger partial charge in [0.25, 0.3) is 22.2 Å². The standard InChI is InChI=1S/C14H6F6.C10H4N2O4/c15-13(16,17)10-6-5-9-7-3-1-2-4-8(7)11(9)12(10)14(18,19)20;13-7-3-1-4-6(10(16)12-8(4)14)2-5(3)9(15)11-7/h1-6H;1-2H,(H,11,13,15)(H,12,14,16). The average Bonchev–Trinajstić information content (AvgIpc) is 3.23. The normalized spacial score (nSPS) is 12.6. The zero-order valence-corrected chi connectivity index (χ0v) is 17.5. The average molecular weight is 504 g/mol. The van der Waals surface area contributed by atoms with Crippen molar-refractivity contribution in [3.05, 3.63) is 101 Å². The number of benzene rings is 3. The Morgan fingerprint density at radius 1 is 0.528 bits per heavy atom. The van der Waals surface area contributed by atoms with Crippen LogP contribution in [0.15, 0.2) is 67.7 Å². The number of aromatic nitrogens is 2. The number of aromatic amines is 2. The van der Waals surface area contributed by atoms with Crippen molar-refractivity contribution in [1.29, 1.82) is 0 Å². The fourth-order valence-corrected chi connectivity index (χ4v) is 4.34. The Labute approximate surface area is 194 Å². The van der Waals surface area contributed by atoms with Crippen molar-refractivity contribution in [3.8, 4) is 22.3 Å². The summed E-state index contributed by atoms with van der Waals surface area (Å²) < 4.78 is 77.5. The predicted molar refractivity (Wildman–Crippen MR) is 118 cm³/mol. The van der Waals surface area contributed by atoms with Crippen molar-refractivity contribution in [2.24, 2.45) is 0 Å². The van der Waals surface area contributed by atoms with E-state index in [0.29, 0.717) is 11.6 Å². The Kier molecular flexibility index (Phi) is 4.85. The molecule has 2 aromatic heterocycles. The summed E-state index contributed by atoms with van der Waals surface area (Å²) in [6.07, 6.45) is -10.1. The molecule has 0 radical (unpaired) electrons. The fourth-order valence-electron chi connectivity index (χ4n) is 4.34. The maximum Gasteiger partial charge on any atom is 0.417 e. The summed E-state index contributed by atoms with van der Waals surface area (Å²) in [4.78, 5) is 49.4. The lowest BCUT2D eigenvalue weighted by Crippen LogP contribution is -2.20. The molecule has 0 saturated heterocycles. The van der Waals surface area contributed by atoms with Crippen molar-refractivity contribution in [2.75, 3.05) is 0 Å². The van der Waals surface area contributed by atoms with Gasteiger partial charge in [0.2, 0.25) is 0 Å². The van der Waals surface area contributed by atoms with Crippen molar-refractivity contribution in [3.63, 3.8) is 0 Å². The van der Waals surface area contributed by atoms with Gasteiger partial charge >= 0.3 is 12.4 Å². The molecule has 182 valence electrons.